The number of hydrogen-bond donors (Lipinski definition) is 1. The number of benzene rings is 1. The smallest absolute Gasteiger partial charge is 0.219 e. The first-order valence-corrected chi connectivity index (χ1v) is 5.89. The lowest BCUT2D eigenvalue weighted by atomic mass is 10.2. The predicted octanol–water partition coefficient (Wildman–Crippen LogP) is 3.37. The minimum Gasteiger partial charge on any atom is -0.438 e. The Balaban J connectivity index is 2.28. The molecule has 2 rings (SSSR count). The van der Waals surface area contributed by atoms with Gasteiger partial charge < -0.3 is 10.5 Å². The van der Waals surface area contributed by atoms with E-state index in [0.717, 1.165) is 14.9 Å². The van der Waals surface area contributed by atoms with E-state index < -0.39 is 0 Å². The fourth-order valence-electron chi connectivity index (χ4n) is 1.24. The van der Waals surface area contributed by atoms with Crippen molar-refractivity contribution in [1.29, 1.82) is 0 Å². The average Bonchev–Trinajstić information content (AvgIpc) is 2.27. The normalized spacial score (nSPS) is 10.1. The Morgan fingerprint density at radius 1 is 1.31 bits per heavy atom. The van der Waals surface area contributed by atoms with Gasteiger partial charge in [0.2, 0.25) is 5.88 Å². The molecule has 0 unspecified atom stereocenters. The molecule has 0 bridgehead atoms. The number of nitrogens with zero attached hydrogens (tertiary/aromatic N) is 1. The zero-order chi connectivity index (χ0) is 11.5. The van der Waals surface area contributed by atoms with Crippen LogP contribution in [0, 0.1) is 10.5 Å². The second-order valence-electron chi connectivity index (χ2n) is 3.41. The molecule has 0 spiro atoms. The third-order valence-electron chi connectivity index (χ3n) is 2.18. The maximum atomic E-state index is 5.69. The Hall–Kier alpha value is -1.30. The highest BCUT2D eigenvalue weighted by atomic mass is 127. The second-order valence-corrected chi connectivity index (χ2v) is 4.57. The SMILES string of the molecule is Cc1cc(Oc2ccccc2I)ncc1N. The van der Waals surface area contributed by atoms with Crippen molar-refractivity contribution in [3.63, 3.8) is 0 Å². The largest absolute Gasteiger partial charge is 0.438 e. The average molecular weight is 326 g/mol. The maximum absolute atomic E-state index is 5.69. The van der Waals surface area contributed by atoms with Gasteiger partial charge in [0.15, 0.2) is 0 Å². The van der Waals surface area contributed by atoms with E-state index in [2.05, 4.69) is 27.6 Å². The summed E-state index contributed by atoms with van der Waals surface area (Å²) < 4.78 is 6.72. The van der Waals surface area contributed by atoms with E-state index in [1.165, 1.54) is 0 Å². The Bertz CT molecular complexity index is 514. The number of anilines is 1. The number of nitrogens with two attached hydrogens (primary N) is 1. The standard InChI is InChI=1S/C12H11IN2O/c1-8-6-12(15-7-10(8)14)16-11-5-3-2-4-9(11)13/h2-7H,14H2,1H3. The zero-order valence-electron chi connectivity index (χ0n) is 8.77. The zero-order valence-corrected chi connectivity index (χ0v) is 10.9. The number of aryl methyl sites for hydroxylation is 1. The summed E-state index contributed by atoms with van der Waals surface area (Å²) in [6.45, 7) is 1.93. The summed E-state index contributed by atoms with van der Waals surface area (Å²) in [4.78, 5) is 4.12. The molecule has 0 saturated carbocycles. The third-order valence-corrected chi connectivity index (χ3v) is 3.07. The topological polar surface area (TPSA) is 48.1 Å². The highest BCUT2D eigenvalue weighted by molar-refractivity contribution is 14.1. The van der Waals surface area contributed by atoms with Crippen LogP contribution in [-0.4, -0.2) is 4.98 Å². The van der Waals surface area contributed by atoms with Gasteiger partial charge in [0.1, 0.15) is 5.75 Å². The molecule has 3 nitrogen and oxygen atoms in total. The van der Waals surface area contributed by atoms with Crippen molar-refractivity contribution in [2.24, 2.45) is 0 Å². The van der Waals surface area contributed by atoms with E-state index in [-0.39, 0.29) is 0 Å². The number of para-hydroxylation sites is 1. The molecule has 0 amide bonds. The number of rotatable bonds is 2. The van der Waals surface area contributed by atoms with Crippen molar-refractivity contribution < 1.29 is 4.74 Å². The lowest BCUT2D eigenvalue weighted by Gasteiger charge is -2.07. The highest BCUT2D eigenvalue weighted by Crippen LogP contribution is 2.26. The number of aromatic nitrogens is 1. The van der Waals surface area contributed by atoms with Crippen molar-refractivity contribution >= 4 is 28.3 Å². The van der Waals surface area contributed by atoms with Gasteiger partial charge in [-0.2, -0.15) is 0 Å². The number of hydrogen-bond acceptors (Lipinski definition) is 3. The van der Waals surface area contributed by atoms with Gasteiger partial charge in [-0.3, -0.25) is 0 Å². The van der Waals surface area contributed by atoms with Gasteiger partial charge >= 0.3 is 0 Å². The van der Waals surface area contributed by atoms with Crippen LogP contribution >= 0.6 is 22.6 Å². The van der Waals surface area contributed by atoms with Crippen molar-refractivity contribution in [2.75, 3.05) is 5.73 Å². The molecule has 4 heteroatoms. The number of ether oxygens (including phenoxy) is 1. The van der Waals surface area contributed by atoms with E-state index in [4.69, 9.17) is 10.5 Å². The number of halogens is 1. The summed E-state index contributed by atoms with van der Waals surface area (Å²) >= 11 is 2.23. The molecule has 0 aliphatic heterocycles. The van der Waals surface area contributed by atoms with E-state index >= 15 is 0 Å². The third kappa shape index (κ3) is 2.44. The van der Waals surface area contributed by atoms with Crippen LogP contribution in [0.25, 0.3) is 0 Å². The van der Waals surface area contributed by atoms with Gasteiger partial charge in [-0.05, 0) is 47.2 Å². The molecule has 16 heavy (non-hydrogen) atoms. The first-order chi connectivity index (χ1) is 7.66. The van der Waals surface area contributed by atoms with Crippen molar-refractivity contribution in [3.05, 3.63) is 45.7 Å². The predicted molar refractivity (Wildman–Crippen MR) is 72.6 cm³/mol. The molecule has 0 saturated heterocycles. The number of nitrogen functional groups attached to an aromatic ring is 1. The maximum Gasteiger partial charge on any atom is 0.219 e. The van der Waals surface area contributed by atoms with Crippen molar-refractivity contribution in [2.45, 2.75) is 6.92 Å². The highest BCUT2D eigenvalue weighted by Gasteiger charge is 2.03. The van der Waals surface area contributed by atoms with Crippen LogP contribution in [0.1, 0.15) is 5.56 Å². The van der Waals surface area contributed by atoms with Crippen LogP contribution in [0.15, 0.2) is 36.5 Å². The fraction of sp³-hybridized carbons (Fsp3) is 0.0833. The van der Waals surface area contributed by atoms with E-state index in [1.54, 1.807) is 6.20 Å². The summed E-state index contributed by atoms with van der Waals surface area (Å²) in [6.07, 6.45) is 1.61. The Morgan fingerprint density at radius 2 is 2.06 bits per heavy atom. The molecule has 0 radical (unpaired) electrons. The summed E-state index contributed by atoms with van der Waals surface area (Å²) in [5.41, 5.74) is 7.34. The van der Waals surface area contributed by atoms with E-state index in [1.807, 2.05) is 37.3 Å². The Morgan fingerprint density at radius 3 is 2.75 bits per heavy atom. The summed E-state index contributed by atoms with van der Waals surface area (Å²) in [7, 11) is 0. The lowest BCUT2D eigenvalue weighted by molar-refractivity contribution is 0.459. The molecule has 1 aromatic heterocycles. The summed E-state index contributed by atoms with van der Waals surface area (Å²) in [5.74, 6) is 1.37. The molecular weight excluding hydrogens is 315 g/mol. The summed E-state index contributed by atoms with van der Waals surface area (Å²) in [5, 5.41) is 0. The van der Waals surface area contributed by atoms with Crippen LogP contribution in [0.4, 0.5) is 5.69 Å². The molecule has 2 N–H and O–H groups in total. The molecule has 0 aliphatic carbocycles. The van der Waals surface area contributed by atoms with Gasteiger partial charge in [-0.15, -0.1) is 0 Å². The summed E-state index contributed by atoms with van der Waals surface area (Å²) in [6, 6.07) is 9.63. The number of pyridine rings is 1. The van der Waals surface area contributed by atoms with Crippen LogP contribution in [0.5, 0.6) is 11.6 Å². The van der Waals surface area contributed by atoms with Gasteiger partial charge in [-0.1, -0.05) is 12.1 Å². The van der Waals surface area contributed by atoms with Gasteiger partial charge in [0.05, 0.1) is 15.5 Å². The van der Waals surface area contributed by atoms with Crippen LogP contribution < -0.4 is 10.5 Å². The second kappa shape index (κ2) is 4.69. The Kier molecular flexibility index (Phi) is 3.28. The molecule has 82 valence electrons. The van der Waals surface area contributed by atoms with Gasteiger partial charge in [0.25, 0.3) is 0 Å². The molecular formula is C12H11IN2O. The quantitative estimate of drug-likeness (QED) is 0.861. The van der Waals surface area contributed by atoms with Crippen LogP contribution in [0.2, 0.25) is 0 Å². The van der Waals surface area contributed by atoms with Crippen LogP contribution in [0.3, 0.4) is 0 Å². The first kappa shape index (κ1) is 11.2. The van der Waals surface area contributed by atoms with E-state index in [0.29, 0.717) is 11.6 Å². The fourth-order valence-corrected chi connectivity index (χ4v) is 1.73. The molecule has 1 heterocycles. The molecule has 0 aliphatic rings. The monoisotopic (exact) mass is 326 g/mol. The lowest BCUT2D eigenvalue weighted by Crippen LogP contribution is -1.94. The molecule has 0 atom stereocenters. The molecule has 2 aromatic rings. The van der Waals surface area contributed by atoms with Gasteiger partial charge in [-0.25, -0.2) is 4.98 Å². The van der Waals surface area contributed by atoms with Crippen LogP contribution in [-0.2, 0) is 0 Å². The minimum atomic E-state index is 0.566. The van der Waals surface area contributed by atoms with Gasteiger partial charge in [0, 0.05) is 6.07 Å². The van der Waals surface area contributed by atoms with Crippen molar-refractivity contribution in [3.8, 4) is 11.6 Å². The Labute approximate surface area is 108 Å². The molecule has 0 fully saturated rings. The van der Waals surface area contributed by atoms with Crippen molar-refractivity contribution in [1.82, 2.24) is 4.98 Å². The minimum absolute atomic E-state index is 0.566. The first-order valence-electron chi connectivity index (χ1n) is 4.81. The van der Waals surface area contributed by atoms with E-state index in [9.17, 15) is 0 Å². The molecule has 1 aromatic carbocycles.